The quantitative estimate of drug-likeness (QED) is 0.752. The van der Waals surface area contributed by atoms with E-state index in [2.05, 4.69) is 0 Å². The summed E-state index contributed by atoms with van der Waals surface area (Å²) in [5, 5.41) is 0.552. The standard InChI is InChI=1S/C11H9ClO3/c12-4-6-14-8-1-2-9-10(13)3-5-15-11(9)7-8/h1-3,5,7H,4,6H2. The molecule has 0 saturated heterocycles. The third-order valence-electron chi connectivity index (χ3n) is 1.98. The smallest absolute Gasteiger partial charge is 0.192 e. The zero-order valence-corrected chi connectivity index (χ0v) is 8.66. The van der Waals surface area contributed by atoms with Gasteiger partial charge in [0.25, 0.3) is 0 Å². The average molecular weight is 225 g/mol. The van der Waals surface area contributed by atoms with E-state index in [4.69, 9.17) is 20.8 Å². The summed E-state index contributed by atoms with van der Waals surface area (Å²) < 4.78 is 10.5. The lowest BCUT2D eigenvalue weighted by Crippen LogP contribution is -2.00. The number of fused-ring (bicyclic) bond motifs is 1. The van der Waals surface area contributed by atoms with Gasteiger partial charge in [0.1, 0.15) is 17.9 Å². The summed E-state index contributed by atoms with van der Waals surface area (Å²) in [5.41, 5.74) is 0.467. The first-order chi connectivity index (χ1) is 7.31. The van der Waals surface area contributed by atoms with Gasteiger partial charge in [-0.25, -0.2) is 0 Å². The summed E-state index contributed by atoms with van der Waals surface area (Å²) in [5.74, 6) is 1.08. The third kappa shape index (κ3) is 2.13. The third-order valence-corrected chi connectivity index (χ3v) is 2.13. The molecule has 0 aliphatic rings. The van der Waals surface area contributed by atoms with Gasteiger partial charge in [0.05, 0.1) is 17.5 Å². The van der Waals surface area contributed by atoms with Gasteiger partial charge in [-0.05, 0) is 12.1 Å². The van der Waals surface area contributed by atoms with Gasteiger partial charge in [-0.1, -0.05) is 0 Å². The number of halogens is 1. The van der Waals surface area contributed by atoms with Crippen LogP contribution in [0.1, 0.15) is 0 Å². The summed E-state index contributed by atoms with van der Waals surface area (Å²) in [7, 11) is 0. The molecule has 0 aliphatic heterocycles. The number of alkyl halides is 1. The van der Waals surface area contributed by atoms with Crippen LogP contribution >= 0.6 is 11.6 Å². The zero-order chi connectivity index (χ0) is 10.7. The van der Waals surface area contributed by atoms with Crippen LogP contribution in [0.3, 0.4) is 0 Å². The minimum absolute atomic E-state index is 0.0554. The van der Waals surface area contributed by atoms with Crippen molar-refractivity contribution in [1.29, 1.82) is 0 Å². The van der Waals surface area contributed by atoms with Crippen molar-refractivity contribution in [3.8, 4) is 5.75 Å². The van der Waals surface area contributed by atoms with E-state index in [1.54, 1.807) is 18.2 Å². The van der Waals surface area contributed by atoms with E-state index < -0.39 is 0 Å². The fourth-order valence-electron chi connectivity index (χ4n) is 1.31. The van der Waals surface area contributed by atoms with Crippen molar-refractivity contribution in [3.63, 3.8) is 0 Å². The fraction of sp³-hybridized carbons (Fsp3) is 0.182. The predicted octanol–water partition coefficient (Wildman–Crippen LogP) is 2.41. The maximum atomic E-state index is 11.4. The van der Waals surface area contributed by atoms with Crippen LogP contribution in [0.15, 0.2) is 39.7 Å². The molecule has 15 heavy (non-hydrogen) atoms. The van der Waals surface area contributed by atoms with Crippen LogP contribution in [0, 0.1) is 0 Å². The van der Waals surface area contributed by atoms with Gasteiger partial charge in [-0.2, -0.15) is 0 Å². The molecule has 0 N–H and O–H groups in total. The topological polar surface area (TPSA) is 39.4 Å². The molecule has 0 bridgehead atoms. The molecule has 1 aromatic heterocycles. The van der Waals surface area contributed by atoms with E-state index in [9.17, 15) is 4.79 Å². The summed E-state index contributed by atoms with van der Waals surface area (Å²) in [6.45, 7) is 0.435. The van der Waals surface area contributed by atoms with Crippen LogP contribution in [0.25, 0.3) is 11.0 Å². The van der Waals surface area contributed by atoms with E-state index in [1.807, 2.05) is 0 Å². The Morgan fingerprint density at radius 2 is 2.20 bits per heavy atom. The molecule has 0 fully saturated rings. The van der Waals surface area contributed by atoms with Crippen molar-refractivity contribution >= 4 is 22.6 Å². The molecule has 78 valence electrons. The number of ether oxygens (including phenoxy) is 1. The Bertz CT molecular complexity index is 518. The monoisotopic (exact) mass is 224 g/mol. The molecule has 0 unspecified atom stereocenters. The molecule has 3 nitrogen and oxygen atoms in total. The fourth-order valence-corrected chi connectivity index (χ4v) is 1.39. The first-order valence-electron chi connectivity index (χ1n) is 4.51. The van der Waals surface area contributed by atoms with Gasteiger partial charge in [-0.15, -0.1) is 11.6 Å². The molecule has 0 radical (unpaired) electrons. The Labute approximate surface area is 91.2 Å². The van der Waals surface area contributed by atoms with E-state index in [0.717, 1.165) is 0 Å². The lowest BCUT2D eigenvalue weighted by molar-refractivity contribution is 0.342. The largest absolute Gasteiger partial charge is 0.492 e. The molecule has 0 atom stereocenters. The lowest BCUT2D eigenvalue weighted by atomic mass is 10.2. The average Bonchev–Trinajstić information content (AvgIpc) is 2.26. The summed E-state index contributed by atoms with van der Waals surface area (Å²) in [6, 6.07) is 6.49. The highest BCUT2D eigenvalue weighted by Crippen LogP contribution is 2.18. The highest BCUT2D eigenvalue weighted by Gasteiger charge is 2.01. The van der Waals surface area contributed by atoms with Crippen LogP contribution in [0.4, 0.5) is 0 Å². The van der Waals surface area contributed by atoms with Crippen LogP contribution < -0.4 is 10.2 Å². The SMILES string of the molecule is O=c1ccoc2cc(OCCCl)ccc12. The van der Waals surface area contributed by atoms with E-state index in [-0.39, 0.29) is 5.43 Å². The molecule has 1 aromatic carbocycles. The minimum atomic E-state index is -0.0554. The van der Waals surface area contributed by atoms with E-state index in [1.165, 1.54) is 12.3 Å². The Morgan fingerprint density at radius 1 is 1.33 bits per heavy atom. The molecule has 4 heteroatoms. The van der Waals surface area contributed by atoms with Crippen LogP contribution in [-0.4, -0.2) is 12.5 Å². The Balaban J connectivity index is 2.43. The Kier molecular flexibility index (Phi) is 2.92. The zero-order valence-electron chi connectivity index (χ0n) is 7.90. The second kappa shape index (κ2) is 4.36. The number of rotatable bonds is 3. The van der Waals surface area contributed by atoms with Crippen molar-refractivity contribution in [2.24, 2.45) is 0 Å². The van der Waals surface area contributed by atoms with Crippen molar-refractivity contribution in [1.82, 2.24) is 0 Å². The van der Waals surface area contributed by atoms with E-state index in [0.29, 0.717) is 29.2 Å². The first-order valence-corrected chi connectivity index (χ1v) is 5.05. The van der Waals surface area contributed by atoms with Gasteiger partial charge in [0.2, 0.25) is 0 Å². The van der Waals surface area contributed by atoms with Gasteiger partial charge in [-0.3, -0.25) is 4.79 Å². The maximum Gasteiger partial charge on any atom is 0.192 e. The summed E-state index contributed by atoms with van der Waals surface area (Å²) in [6.07, 6.45) is 1.37. The van der Waals surface area contributed by atoms with Crippen molar-refractivity contribution in [3.05, 3.63) is 40.8 Å². The van der Waals surface area contributed by atoms with Gasteiger partial charge in [0.15, 0.2) is 5.43 Å². The molecule has 0 spiro atoms. The highest BCUT2D eigenvalue weighted by molar-refractivity contribution is 6.18. The minimum Gasteiger partial charge on any atom is -0.492 e. The molecule has 0 aliphatic carbocycles. The normalized spacial score (nSPS) is 10.5. The van der Waals surface area contributed by atoms with Crippen LogP contribution in [-0.2, 0) is 0 Å². The van der Waals surface area contributed by atoms with E-state index >= 15 is 0 Å². The summed E-state index contributed by atoms with van der Waals surface area (Å²) in [4.78, 5) is 11.4. The summed E-state index contributed by atoms with van der Waals surface area (Å²) >= 11 is 5.50. The molecule has 2 rings (SSSR count). The van der Waals surface area contributed by atoms with Crippen LogP contribution in [0.5, 0.6) is 5.75 Å². The highest BCUT2D eigenvalue weighted by atomic mass is 35.5. The number of hydrogen-bond donors (Lipinski definition) is 0. The van der Waals surface area contributed by atoms with Gasteiger partial charge in [0, 0.05) is 12.1 Å². The van der Waals surface area contributed by atoms with Crippen molar-refractivity contribution in [2.45, 2.75) is 0 Å². The second-order valence-electron chi connectivity index (χ2n) is 2.98. The maximum absolute atomic E-state index is 11.4. The molecule has 0 amide bonds. The molecular formula is C11H9ClO3. The Morgan fingerprint density at radius 3 is 3.00 bits per heavy atom. The van der Waals surface area contributed by atoms with Crippen molar-refractivity contribution in [2.75, 3.05) is 12.5 Å². The lowest BCUT2D eigenvalue weighted by Gasteiger charge is -2.03. The van der Waals surface area contributed by atoms with Crippen molar-refractivity contribution < 1.29 is 9.15 Å². The number of hydrogen-bond acceptors (Lipinski definition) is 3. The van der Waals surface area contributed by atoms with Crippen LogP contribution in [0.2, 0.25) is 0 Å². The molecule has 1 heterocycles. The van der Waals surface area contributed by atoms with Gasteiger partial charge >= 0.3 is 0 Å². The first kappa shape index (κ1) is 10.1. The molecule has 0 saturated carbocycles. The molecule has 2 aromatic rings. The van der Waals surface area contributed by atoms with Gasteiger partial charge < -0.3 is 9.15 Å². The Hall–Kier alpha value is -1.48. The predicted molar refractivity (Wildman–Crippen MR) is 58.7 cm³/mol. The second-order valence-corrected chi connectivity index (χ2v) is 3.36. The number of benzene rings is 1. The molecular weight excluding hydrogens is 216 g/mol.